The van der Waals surface area contributed by atoms with Gasteiger partial charge >= 0.3 is 6.18 Å². The molecule has 4 rings (SSSR count). The van der Waals surface area contributed by atoms with Gasteiger partial charge in [-0.25, -0.2) is 0 Å². The number of carbonyl (C=O) groups excluding carboxylic acids is 1. The predicted molar refractivity (Wildman–Crippen MR) is 125 cm³/mol. The lowest BCUT2D eigenvalue weighted by atomic mass is 9.96. The molecule has 2 aliphatic heterocycles. The first-order valence-corrected chi connectivity index (χ1v) is 11.7. The zero-order valence-electron chi connectivity index (χ0n) is 20.1. The number of carbonyl (C=O) groups is 1. The maximum atomic E-state index is 13.0. The molecule has 0 radical (unpaired) electrons. The van der Waals surface area contributed by atoms with Crippen LogP contribution in [0, 0.1) is 13.8 Å². The molecule has 0 spiro atoms. The molecule has 34 heavy (non-hydrogen) atoms. The normalized spacial score (nSPS) is 21.2. The first-order valence-electron chi connectivity index (χ1n) is 11.7. The van der Waals surface area contributed by atoms with Crippen molar-refractivity contribution in [3.8, 4) is 5.75 Å². The van der Waals surface area contributed by atoms with Crippen LogP contribution in [0.2, 0.25) is 0 Å². The van der Waals surface area contributed by atoms with E-state index in [1.807, 2.05) is 18.0 Å². The van der Waals surface area contributed by atoms with Gasteiger partial charge in [0.15, 0.2) is 0 Å². The van der Waals surface area contributed by atoms with Crippen LogP contribution in [-0.2, 0) is 6.18 Å². The van der Waals surface area contributed by atoms with Gasteiger partial charge in [0.1, 0.15) is 12.4 Å². The van der Waals surface area contributed by atoms with Crippen LogP contribution in [0.3, 0.4) is 0 Å². The quantitative estimate of drug-likeness (QED) is 0.596. The molecule has 184 valence electrons. The molecule has 0 saturated carbocycles. The fourth-order valence-electron chi connectivity index (χ4n) is 5.26. The zero-order valence-corrected chi connectivity index (χ0v) is 20.1. The van der Waals surface area contributed by atoms with Crippen LogP contribution in [0.15, 0.2) is 36.4 Å². The van der Waals surface area contributed by atoms with E-state index in [9.17, 15) is 18.0 Å². The van der Waals surface area contributed by atoms with Gasteiger partial charge in [0, 0.05) is 43.3 Å². The van der Waals surface area contributed by atoms with Crippen molar-refractivity contribution in [1.29, 1.82) is 0 Å². The number of likely N-dealkylation sites (tertiary alicyclic amines) is 2. The molecule has 8 heteroatoms. The van der Waals surface area contributed by atoms with Gasteiger partial charge in [0.2, 0.25) is 0 Å². The maximum Gasteiger partial charge on any atom is 0.416 e. The Labute approximate surface area is 198 Å². The van der Waals surface area contributed by atoms with Crippen LogP contribution >= 0.6 is 0 Å². The molecule has 2 fully saturated rings. The van der Waals surface area contributed by atoms with E-state index in [0.717, 1.165) is 43.0 Å². The van der Waals surface area contributed by atoms with Crippen molar-refractivity contribution >= 4 is 5.91 Å². The third kappa shape index (κ3) is 4.66. The van der Waals surface area contributed by atoms with Gasteiger partial charge in [0.25, 0.3) is 5.91 Å². The number of nitrogens with one attached hydrogen (secondary N) is 1. The van der Waals surface area contributed by atoms with Crippen LogP contribution in [-0.4, -0.2) is 61.1 Å². The summed E-state index contributed by atoms with van der Waals surface area (Å²) in [5.74, 6) is 0.712. The number of piperazine rings is 1. The molecule has 2 aliphatic rings. The molecule has 0 aliphatic carbocycles. The fraction of sp³-hybridized carbons (Fsp3) is 0.500. The third-order valence-corrected chi connectivity index (χ3v) is 7.34. The van der Waals surface area contributed by atoms with Crippen LogP contribution < -0.4 is 10.1 Å². The largest absolute Gasteiger partial charge is 0.492 e. The lowest BCUT2D eigenvalue weighted by Gasteiger charge is -2.38. The number of rotatable bonds is 7. The summed E-state index contributed by atoms with van der Waals surface area (Å²) < 4.78 is 44.4. The van der Waals surface area contributed by atoms with Crippen LogP contribution in [0.4, 0.5) is 13.2 Å². The monoisotopic (exact) mass is 475 g/mol. The zero-order chi connectivity index (χ0) is 24.6. The SMILES string of the molecule is CNCCOc1ccc(C(C)N2C[C@@H]3C[C@H]2CN3C(=O)c2ccc(C(F)(F)F)cc2)c(C)c1C. The van der Waals surface area contributed by atoms with Crippen molar-refractivity contribution in [3.05, 3.63) is 64.2 Å². The standard InChI is InChI=1S/C26H32F3N3O2/c1-16-17(2)24(34-12-11-30-4)10-9-23(16)18(3)31-14-22-13-21(31)15-32(22)25(33)19-5-7-20(8-6-19)26(27,28)29/h5-10,18,21-22,30H,11-15H2,1-4H3/t18?,21-,22-/m0/s1. The number of amides is 1. The van der Waals surface area contributed by atoms with Gasteiger partial charge in [-0.05, 0) is 81.3 Å². The highest BCUT2D eigenvalue weighted by molar-refractivity contribution is 5.94. The molecular formula is C26H32F3N3O2. The number of halogens is 3. The average molecular weight is 476 g/mol. The van der Waals surface area contributed by atoms with Crippen molar-refractivity contribution in [2.75, 3.05) is 33.3 Å². The number of ether oxygens (including phenoxy) is 1. The Morgan fingerprint density at radius 2 is 1.79 bits per heavy atom. The summed E-state index contributed by atoms with van der Waals surface area (Å²) in [6.07, 6.45) is -3.52. The first kappa shape index (κ1) is 24.5. The van der Waals surface area contributed by atoms with Gasteiger partial charge in [0.05, 0.1) is 5.56 Å². The number of alkyl halides is 3. The smallest absolute Gasteiger partial charge is 0.416 e. The van der Waals surface area contributed by atoms with Gasteiger partial charge in [-0.3, -0.25) is 9.69 Å². The topological polar surface area (TPSA) is 44.8 Å². The van der Waals surface area contributed by atoms with Crippen LogP contribution in [0.5, 0.6) is 5.75 Å². The summed E-state index contributed by atoms with van der Waals surface area (Å²) in [5.41, 5.74) is 3.18. The Hall–Kier alpha value is -2.58. The van der Waals surface area contributed by atoms with E-state index in [-0.39, 0.29) is 24.0 Å². The Morgan fingerprint density at radius 3 is 2.38 bits per heavy atom. The number of fused-ring (bicyclic) bond motifs is 2. The number of hydrogen-bond acceptors (Lipinski definition) is 4. The molecule has 2 heterocycles. The second-order valence-electron chi connectivity index (χ2n) is 9.30. The molecule has 1 N–H and O–H groups in total. The second-order valence-corrected chi connectivity index (χ2v) is 9.30. The number of likely N-dealkylation sites (N-methyl/N-ethyl adjacent to an activating group) is 1. The molecule has 1 unspecified atom stereocenters. The van der Waals surface area contributed by atoms with Crippen LogP contribution in [0.1, 0.15) is 52.0 Å². The third-order valence-electron chi connectivity index (χ3n) is 7.34. The Balaban J connectivity index is 1.42. The highest BCUT2D eigenvalue weighted by atomic mass is 19.4. The van der Waals surface area contributed by atoms with Crippen LogP contribution in [0.25, 0.3) is 0 Å². The number of nitrogens with zero attached hydrogens (tertiary/aromatic N) is 2. The highest BCUT2D eigenvalue weighted by Gasteiger charge is 2.47. The molecule has 2 aromatic carbocycles. The number of hydrogen-bond donors (Lipinski definition) is 1. The minimum absolute atomic E-state index is 0.0767. The van der Waals surface area contributed by atoms with E-state index in [1.165, 1.54) is 23.3 Å². The van der Waals surface area contributed by atoms with Gasteiger partial charge < -0.3 is 15.0 Å². The molecule has 2 aromatic rings. The van der Waals surface area contributed by atoms with E-state index >= 15 is 0 Å². The molecule has 3 atom stereocenters. The van der Waals surface area contributed by atoms with Gasteiger partial charge in [-0.15, -0.1) is 0 Å². The molecule has 5 nitrogen and oxygen atoms in total. The summed E-state index contributed by atoms with van der Waals surface area (Å²) in [4.78, 5) is 17.3. The molecule has 0 aromatic heterocycles. The average Bonchev–Trinajstić information content (AvgIpc) is 3.42. The van der Waals surface area contributed by atoms with Gasteiger partial charge in [-0.1, -0.05) is 6.07 Å². The van der Waals surface area contributed by atoms with E-state index in [4.69, 9.17) is 4.74 Å². The summed E-state index contributed by atoms with van der Waals surface area (Å²) >= 11 is 0. The highest BCUT2D eigenvalue weighted by Crippen LogP contribution is 2.39. The minimum atomic E-state index is -4.40. The Kier molecular flexibility index (Phi) is 6.92. The van der Waals surface area contributed by atoms with E-state index < -0.39 is 11.7 Å². The van der Waals surface area contributed by atoms with Crippen molar-refractivity contribution in [1.82, 2.24) is 15.1 Å². The molecular weight excluding hydrogens is 443 g/mol. The molecule has 1 amide bonds. The Morgan fingerprint density at radius 1 is 1.09 bits per heavy atom. The molecule has 2 saturated heterocycles. The fourth-order valence-corrected chi connectivity index (χ4v) is 5.26. The maximum absolute atomic E-state index is 13.0. The second kappa shape index (κ2) is 9.58. The van der Waals surface area contributed by atoms with Crippen molar-refractivity contribution < 1.29 is 22.7 Å². The van der Waals surface area contributed by atoms with Crippen molar-refractivity contribution in [3.63, 3.8) is 0 Å². The summed E-state index contributed by atoms with van der Waals surface area (Å²) in [6.45, 7) is 9.17. The van der Waals surface area contributed by atoms with Crippen molar-refractivity contribution in [2.45, 2.75) is 51.5 Å². The number of benzene rings is 2. The summed E-state index contributed by atoms with van der Waals surface area (Å²) in [5, 5.41) is 3.08. The Bertz CT molecular complexity index is 1040. The summed E-state index contributed by atoms with van der Waals surface area (Å²) in [7, 11) is 1.90. The lowest BCUT2D eigenvalue weighted by Crippen LogP contribution is -2.49. The van der Waals surface area contributed by atoms with Gasteiger partial charge in [-0.2, -0.15) is 13.2 Å². The van der Waals surface area contributed by atoms with E-state index in [1.54, 1.807) is 0 Å². The van der Waals surface area contributed by atoms with E-state index in [0.29, 0.717) is 18.7 Å². The molecule has 2 bridgehead atoms. The first-order chi connectivity index (χ1) is 16.1. The lowest BCUT2D eigenvalue weighted by molar-refractivity contribution is -0.137. The minimum Gasteiger partial charge on any atom is -0.492 e. The summed E-state index contributed by atoms with van der Waals surface area (Å²) in [6, 6.07) is 9.21. The van der Waals surface area contributed by atoms with Crippen molar-refractivity contribution in [2.24, 2.45) is 0 Å². The van der Waals surface area contributed by atoms with E-state index in [2.05, 4.69) is 37.1 Å². The predicted octanol–water partition coefficient (Wildman–Crippen LogP) is 4.58.